The average Bonchev–Trinajstić information content (AvgIpc) is 2.43. The van der Waals surface area contributed by atoms with Gasteiger partial charge in [-0.15, -0.1) is 0 Å². The van der Waals surface area contributed by atoms with E-state index in [4.69, 9.17) is 4.74 Å². The summed E-state index contributed by atoms with van der Waals surface area (Å²) in [7, 11) is 1.63. The fourth-order valence-corrected chi connectivity index (χ4v) is 3.22. The second kappa shape index (κ2) is 7.07. The minimum Gasteiger partial charge on any atom is -0.497 e. The van der Waals surface area contributed by atoms with Gasteiger partial charge in [0, 0.05) is 19.8 Å². The van der Waals surface area contributed by atoms with Crippen LogP contribution in [0.15, 0.2) is 49.8 Å². The Bertz CT molecular complexity index is 614. The summed E-state index contributed by atoms with van der Waals surface area (Å²) in [6.07, 6.45) is -0.0855. The van der Waals surface area contributed by atoms with Crippen LogP contribution in [0.1, 0.15) is 17.2 Å². The van der Waals surface area contributed by atoms with Crippen LogP contribution >= 0.6 is 47.8 Å². The maximum atomic E-state index is 10.5. The third kappa shape index (κ3) is 3.85. The lowest BCUT2D eigenvalue weighted by Crippen LogP contribution is -2.04. The molecule has 0 aliphatic carbocycles. The van der Waals surface area contributed by atoms with E-state index in [1.807, 2.05) is 36.4 Å². The van der Waals surface area contributed by atoms with Gasteiger partial charge in [0.15, 0.2) is 0 Å². The van der Waals surface area contributed by atoms with Gasteiger partial charge in [-0.05, 0) is 47.5 Å². The molecule has 0 radical (unpaired) electrons. The van der Waals surface area contributed by atoms with Gasteiger partial charge in [0.1, 0.15) is 5.75 Å². The summed E-state index contributed by atoms with van der Waals surface area (Å²) < 4.78 is 8.02. The Morgan fingerprint density at radius 2 is 1.75 bits per heavy atom. The van der Waals surface area contributed by atoms with E-state index in [9.17, 15) is 5.11 Å². The van der Waals surface area contributed by atoms with E-state index < -0.39 is 6.10 Å². The molecular weight excluding hydrogens is 452 g/mol. The van der Waals surface area contributed by atoms with Crippen LogP contribution in [0.3, 0.4) is 0 Å². The normalized spacial score (nSPS) is 12.2. The minimum absolute atomic E-state index is 0.507. The van der Waals surface area contributed by atoms with Crippen molar-refractivity contribution in [1.29, 1.82) is 0 Å². The van der Waals surface area contributed by atoms with E-state index in [-0.39, 0.29) is 0 Å². The van der Waals surface area contributed by atoms with E-state index in [0.29, 0.717) is 6.42 Å². The number of hydrogen-bond acceptors (Lipinski definition) is 2. The highest BCUT2D eigenvalue weighted by Gasteiger charge is 2.14. The number of aliphatic hydroxyl groups is 1. The van der Waals surface area contributed by atoms with Crippen LogP contribution in [0.25, 0.3) is 0 Å². The topological polar surface area (TPSA) is 29.5 Å². The van der Waals surface area contributed by atoms with Gasteiger partial charge in [-0.25, -0.2) is 0 Å². The summed E-state index contributed by atoms with van der Waals surface area (Å²) in [6.45, 7) is 0. The molecule has 2 nitrogen and oxygen atoms in total. The van der Waals surface area contributed by atoms with Crippen LogP contribution in [0.5, 0.6) is 5.75 Å². The fourth-order valence-electron chi connectivity index (χ4n) is 1.92. The van der Waals surface area contributed by atoms with Crippen molar-refractivity contribution in [2.45, 2.75) is 12.5 Å². The van der Waals surface area contributed by atoms with Crippen molar-refractivity contribution in [2.24, 2.45) is 0 Å². The zero-order valence-electron chi connectivity index (χ0n) is 10.7. The molecule has 0 amide bonds. The number of aliphatic hydroxyl groups excluding tert-OH is 1. The van der Waals surface area contributed by atoms with Crippen molar-refractivity contribution in [3.05, 3.63) is 60.9 Å². The zero-order chi connectivity index (χ0) is 14.7. The summed E-state index contributed by atoms with van der Waals surface area (Å²) in [4.78, 5) is 0. The molecule has 0 aliphatic rings. The molecule has 2 aromatic rings. The van der Waals surface area contributed by atoms with Gasteiger partial charge in [-0.3, -0.25) is 0 Å². The highest BCUT2D eigenvalue weighted by atomic mass is 79.9. The molecule has 0 aromatic heterocycles. The number of halogens is 3. The van der Waals surface area contributed by atoms with Crippen LogP contribution in [-0.4, -0.2) is 12.2 Å². The molecular formula is C15H13Br3O2. The summed E-state index contributed by atoms with van der Waals surface area (Å²) in [6, 6.07) is 11.5. The van der Waals surface area contributed by atoms with E-state index in [2.05, 4.69) is 47.8 Å². The number of ether oxygens (including phenoxy) is 1. The highest BCUT2D eigenvalue weighted by molar-refractivity contribution is 9.11. The average molecular weight is 465 g/mol. The van der Waals surface area contributed by atoms with Crippen molar-refractivity contribution in [1.82, 2.24) is 0 Å². The molecule has 2 aromatic carbocycles. The molecule has 2 rings (SSSR count). The molecule has 0 spiro atoms. The van der Waals surface area contributed by atoms with Crippen molar-refractivity contribution >= 4 is 47.8 Å². The monoisotopic (exact) mass is 462 g/mol. The lowest BCUT2D eigenvalue weighted by molar-refractivity contribution is 0.177. The van der Waals surface area contributed by atoms with Crippen LogP contribution < -0.4 is 4.74 Å². The number of hydrogen-bond donors (Lipinski definition) is 1. The lowest BCUT2D eigenvalue weighted by Gasteiger charge is -2.15. The molecule has 1 unspecified atom stereocenters. The summed E-state index contributed by atoms with van der Waals surface area (Å²) in [5.74, 6) is 0.781. The Morgan fingerprint density at radius 1 is 1.05 bits per heavy atom. The summed E-state index contributed by atoms with van der Waals surface area (Å²) in [5, 5.41) is 10.5. The number of methoxy groups -OCH3 is 1. The molecule has 106 valence electrons. The lowest BCUT2D eigenvalue weighted by atomic mass is 10.0. The van der Waals surface area contributed by atoms with Gasteiger partial charge in [-0.1, -0.05) is 47.8 Å². The molecule has 5 heteroatoms. The predicted molar refractivity (Wildman–Crippen MR) is 91.2 cm³/mol. The summed E-state index contributed by atoms with van der Waals surface area (Å²) >= 11 is 10.4. The Kier molecular flexibility index (Phi) is 5.66. The zero-order valence-corrected chi connectivity index (χ0v) is 15.5. The Hall–Kier alpha value is -0.360. The van der Waals surface area contributed by atoms with Crippen LogP contribution in [0.4, 0.5) is 0 Å². The van der Waals surface area contributed by atoms with E-state index in [0.717, 1.165) is 30.3 Å². The fraction of sp³-hybridized carbons (Fsp3) is 0.200. The standard InChI is InChI=1S/C15H13Br3O2/c1-20-11-3-5-13(17)9(6-11)7-15(19)12-8-10(16)2-4-14(12)18/h2-6,8,15,19H,7H2,1H3. The maximum absolute atomic E-state index is 10.5. The van der Waals surface area contributed by atoms with Gasteiger partial charge in [0.25, 0.3) is 0 Å². The molecule has 0 heterocycles. The van der Waals surface area contributed by atoms with Crippen molar-refractivity contribution in [3.8, 4) is 5.75 Å². The van der Waals surface area contributed by atoms with Crippen molar-refractivity contribution < 1.29 is 9.84 Å². The van der Waals surface area contributed by atoms with Crippen molar-refractivity contribution in [2.75, 3.05) is 7.11 Å². The Morgan fingerprint density at radius 3 is 2.45 bits per heavy atom. The molecule has 0 fully saturated rings. The van der Waals surface area contributed by atoms with Crippen molar-refractivity contribution in [3.63, 3.8) is 0 Å². The first-order valence-electron chi connectivity index (χ1n) is 5.96. The molecule has 20 heavy (non-hydrogen) atoms. The largest absolute Gasteiger partial charge is 0.497 e. The second-order valence-electron chi connectivity index (χ2n) is 4.34. The molecule has 1 atom stereocenters. The molecule has 0 bridgehead atoms. The van der Waals surface area contributed by atoms with E-state index in [1.165, 1.54) is 0 Å². The van der Waals surface area contributed by atoms with E-state index >= 15 is 0 Å². The number of benzene rings is 2. The Balaban J connectivity index is 2.27. The van der Waals surface area contributed by atoms with Gasteiger partial charge < -0.3 is 9.84 Å². The van der Waals surface area contributed by atoms with Gasteiger partial charge >= 0.3 is 0 Å². The van der Waals surface area contributed by atoms with Gasteiger partial charge in [0.05, 0.1) is 13.2 Å². The SMILES string of the molecule is COc1ccc(Br)c(CC(O)c2cc(Br)ccc2Br)c1. The molecule has 1 N–H and O–H groups in total. The first-order chi connectivity index (χ1) is 9.51. The highest BCUT2D eigenvalue weighted by Crippen LogP contribution is 2.31. The first kappa shape index (κ1) is 16.0. The minimum atomic E-state index is -0.592. The number of rotatable bonds is 4. The van der Waals surface area contributed by atoms with Crippen LogP contribution in [-0.2, 0) is 6.42 Å². The van der Waals surface area contributed by atoms with Crippen LogP contribution in [0.2, 0.25) is 0 Å². The molecule has 0 saturated heterocycles. The third-order valence-corrected chi connectivity index (χ3v) is 4.97. The molecule has 0 saturated carbocycles. The van der Waals surface area contributed by atoms with Crippen LogP contribution in [0, 0.1) is 0 Å². The maximum Gasteiger partial charge on any atom is 0.119 e. The van der Waals surface area contributed by atoms with Gasteiger partial charge in [0.2, 0.25) is 0 Å². The molecule has 0 aliphatic heterocycles. The first-order valence-corrected chi connectivity index (χ1v) is 8.34. The smallest absolute Gasteiger partial charge is 0.119 e. The quantitative estimate of drug-likeness (QED) is 0.669. The third-order valence-electron chi connectivity index (χ3n) is 2.98. The van der Waals surface area contributed by atoms with Gasteiger partial charge in [-0.2, -0.15) is 0 Å². The Labute approximate surface area is 143 Å². The summed E-state index contributed by atoms with van der Waals surface area (Å²) in [5.41, 5.74) is 1.86. The second-order valence-corrected chi connectivity index (χ2v) is 6.97. The predicted octanol–water partition coefficient (Wildman–Crippen LogP) is 5.26. The van der Waals surface area contributed by atoms with E-state index in [1.54, 1.807) is 7.11 Å².